The fourth-order valence-electron chi connectivity index (χ4n) is 9.96. The number of rotatable bonds is 6. The number of fused-ring (bicyclic) bond motifs is 11. The lowest BCUT2D eigenvalue weighted by molar-refractivity contribution is 0.656. The predicted molar refractivity (Wildman–Crippen MR) is 241 cm³/mol. The van der Waals surface area contributed by atoms with Crippen LogP contribution in [0.25, 0.3) is 82.1 Å². The fourth-order valence-corrected chi connectivity index (χ4v) is 9.96. The Morgan fingerprint density at radius 3 is 2.00 bits per heavy atom. The summed E-state index contributed by atoms with van der Waals surface area (Å²) in [4.78, 5) is 0. The molecular formula is C55H44O. The highest BCUT2D eigenvalue weighted by Crippen LogP contribution is 2.54. The van der Waals surface area contributed by atoms with Gasteiger partial charge in [0.05, 0.1) is 0 Å². The number of allylic oxidation sites excluding steroid dienone is 10. The van der Waals surface area contributed by atoms with Gasteiger partial charge in [-0.2, -0.15) is 0 Å². The van der Waals surface area contributed by atoms with Gasteiger partial charge in [0.15, 0.2) is 0 Å². The average molecular weight is 721 g/mol. The van der Waals surface area contributed by atoms with E-state index in [1.54, 1.807) is 0 Å². The SMILES string of the molecule is C=C(/C(C)=C/C=C\C)C1C=CC=CC1C(=C)c1c2ccccc2c(-c2ccc3c(c2)-c2ccc4c(ccc5oc6ccccc6c54)c2C3(C)C)c2ccccc12. The molecule has 0 fully saturated rings. The molecule has 0 aliphatic heterocycles. The van der Waals surface area contributed by atoms with Crippen LogP contribution < -0.4 is 0 Å². The van der Waals surface area contributed by atoms with Gasteiger partial charge in [0.2, 0.25) is 0 Å². The summed E-state index contributed by atoms with van der Waals surface area (Å²) < 4.78 is 6.30. The zero-order valence-electron chi connectivity index (χ0n) is 32.5. The van der Waals surface area contributed by atoms with Crippen LogP contribution in [0.1, 0.15) is 44.4 Å². The second kappa shape index (κ2) is 12.8. The molecule has 0 saturated carbocycles. The van der Waals surface area contributed by atoms with E-state index in [0.717, 1.165) is 22.3 Å². The summed E-state index contributed by atoms with van der Waals surface area (Å²) in [5.41, 5.74) is 14.2. The Morgan fingerprint density at radius 1 is 0.643 bits per heavy atom. The summed E-state index contributed by atoms with van der Waals surface area (Å²) >= 11 is 0. The van der Waals surface area contributed by atoms with Gasteiger partial charge in [-0.25, -0.2) is 0 Å². The summed E-state index contributed by atoms with van der Waals surface area (Å²) in [6.07, 6.45) is 15.2. The molecule has 7 aromatic carbocycles. The summed E-state index contributed by atoms with van der Waals surface area (Å²) in [6.45, 7) is 18.5. The van der Waals surface area contributed by atoms with Crippen LogP contribution in [0.15, 0.2) is 187 Å². The molecule has 0 amide bonds. The average Bonchev–Trinajstić information content (AvgIpc) is 3.73. The van der Waals surface area contributed by atoms with E-state index in [9.17, 15) is 0 Å². The van der Waals surface area contributed by atoms with Crippen molar-refractivity contribution < 1.29 is 4.42 Å². The summed E-state index contributed by atoms with van der Waals surface area (Å²) in [5.74, 6) is 0.194. The smallest absolute Gasteiger partial charge is 0.136 e. The molecule has 2 aliphatic rings. The van der Waals surface area contributed by atoms with Crippen molar-refractivity contribution in [3.8, 4) is 22.3 Å². The maximum Gasteiger partial charge on any atom is 0.136 e. The lowest BCUT2D eigenvalue weighted by atomic mass is 9.73. The van der Waals surface area contributed by atoms with Crippen molar-refractivity contribution in [3.63, 3.8) is 0 Å². The first-order chi connectivity index (χ1) is 27.3. The van der Waals surface area contributed by atoms with Gasteiger partial charge >= 0.3 is 0 Å². The highest BCUT2D eigenvalue weighted by Gasteiger charge is 2.38. The molecule has 56 heavy (non-hydrogen) atoms. The second-order valence-electron chi connectivity index (χ2n) is 16.1. The molecule has 1 heterocycles. The number of benzene rings is 7. The van der Waals surface area contributed by atoms with Crippen LogP contribution in [0.2, 0.25) is 0 Å². The third-order valence-corrected chi connectivity index (χ3v) is 12.7. The molecule has 0 radical (unpaired) electrons. The normalized spacial score (nSPS) is 17.5. The largest absolute Gasteiger partial charge is 0.456 e. The second-order valence-corrected chi connectivity index (χ2v) is 16.1. The molecule has 1 heteroatoms. The number of hydrogen-bond acceptors (Lipinski definition) is 1. The Labute approximate surface area is 329 Å². The number of hydrogen-bond donors (Lipinski definition) is 0. The van der Waals surface area contributed by atoms with E-state index in [2.05, 4.69) is 179 Å². The number of furan rings is 1. The van der Waals surface area contributed by atoms with Gasteiger partial charge in [-0.1, -0.05) is 167 Å². The van der Waals surface area contributed by atoms with Crippen LogP contribution in [0.5, 0.6) is 0 Å². The molecule has 0 N–H and O–H groups in total. The van der Waals surface area contributed by atoms with E-state index in [4.69, 9.17) is 11.0 Å². The topological polar surface area (TPSA) is 13.1 Å². The summed E-state index contributed by atoms with van der Waals surface area (Å²) in [6, 6.07) is 42.5. The van der Waals surface area contributed by atoms with Gasteiger partial charge in [-0.3, -0.25) is 0 Å². The Morgan fingerprint density at radius 2 is 1.29 bits per heavy atom. The Bertz CT molecular complexity index is 3060. The summed E-state index contributed by atoms with van der Waals surface area (Å²) in [5, 5.41) is 9.84. The Kier molecular flexibility index (Phi) is 7.80. The van der Waals surface area contributed by atoms with Crippen LogP contribution in [-0.2, 0) is 5.41 Å². The molecule has 10 rings (SSSR count). The molecule has 2 atom stereocenters. The van der Waals surface area contributed by atoms with E-state index in [0.29, 0.717) is 0 Å². The molecular weight excluding hydrogens is 677 g/mol. The van der Waals surface area contributed by atoms with Crippen molar-refractivity contribution in [2.24, 2.45) is 11.8 Å². The molecule has 1 aromatic heterocycles. The minimum absolute atomic E-state index is 0.0777. The lowest BCUT2D eigenvalue weighted by Gasteiger charge is -2.30. The zero-order valence-corrected chi connectivity index (χ0v) is 32.5. The van der Waals surface area contributed by atoms with Crippen molar-refractivity contribution in [1.82, 2.24) is 0 Å². The van der Waals surface area contributed by atoms with Gasteiger partial charge in [-0.15, -0.1) is 0 Å². The highest BCUT2D eigenvalue weighted by molar-refractivity contribution is 6.21. The van der Waals surface area contributed by atoms with E-state index < -0.39 is 0 Å². The first-order valence-electron chi connectivity index (χ1n) is 19.8. The maximum atomic E-state index is 6.30. The van der Waals surface area contributed by atoms with Crippen LogP contribution in [0, 0.1) is 11.8 Å². The van der Waals surface area contributed by atoms with E-state index in [1.165, 1.54) is 87.6 Å². The third-order valence-electron chi connectivity index (χ3n) is 12.7. The third kappa shape index (κ3) is 4.93. The van der Waals surface area contributed by atoms with Crippen LogP contribution in [0.4, 0.5) is 0 Å². The van der Waals surface area contributed by atoms with Crippen molar-refractivity contribution in [1.29, 1.82) is 0 Å². The van der Waals surface area contributed by atoms with Crippen LogP contribution >= 0.6 is 0 Å². The molecule has 2 aliphatic carbocycles. The first kappa shape index (κ1) is 34.1. The molecule has 1 nitrogen and oxygen atoms in total. The van der Waals surface area contributed by atoms with Gasteiger partial charge in [0.25, 0.3) is 0 Å². The van der Waals surface area contributed by atoms with Gasteiger partial charge in [0, 0.05) is 28.0 Å². The van der Waals surface area contributed by atoms with E-state index in [-0.39, 0.29) is 17.3 Å². The maximum absolute atomic E-state index is 6.30. The summed E-state index contributed by atoms with van der Waals surface area (Å²) in [7, 11) is 0. The molecule has 0 saturated heterocycles. The van der Waals surface area contributed by atoms with Gasteiger partial charge in [-0.05, 0) is 120 Å². The molecule has 0 spiro atoms. The quantitative estimate of drug-likeness (QED) is 0.123. The number of para-hydroxylation sites is 1. The fraction of sp³-hybridized carbons (Fsp3) is 0.127. The highest BCUT2D eigenvalue weighted by atomic mass is 16.3. The molecule has 8 aromatic rings. The van der Waals surface area contributed by atoms with Gasteiger partial charge in [0.1, 0.15) is 11.2 Å². The van der Waals surface area contributed by atoms with Crippen molar-refractivity contribution >= 4 is 59.8 Å². The van der Waals surface area contributed by atoms with Crippen molar-refractivity contribution in [2.75, 3.05) is 0 Å². The lowest BCUT2D eigenvalue weighted by Crippen LogP contribution is -2.17. The Hall–Kier alpha value is -6.44. The van der Waals surface area contributed by atoms with Crippen LogP contribution in [0.3, 0.4) is 0 Å². The van der Waals surface area contributed by atoms with E-state index in [1.807, 2.05) is 13.0 Å². The Balaban J connectivity index is 1.15. The zero-order chi connectivity index (χ0) is 38.3. The monoisotopic (exact) mass is 720 g/mol. The minimum atomic E-state index is -0.176. The minimum Gasteiger partial charge on any atom is -0.456 e. The molecule has 270 valence electrons. The van der Waals surface area contributed by atoms with Crippen molar-refractivity contribution in [3.05, 3.63) is 199 Å². The first-order valence-corrected chi connectivity index (χ1v) is 19.8. The van der Waals surface area contributed by atoms with E-state index >= 15 is 0 Å². The van der Waals surface area contributed by atoms with Crippen LogP contribution in [-0.4, -0.2) is 0 Å². The standard InChI is InChI=1S/C55H44O/c1-7-8-17-33(2)34(3)37-18-9-10-19-38(37)35(4)51-39-20-11-13-22-41(39)52(42-23-14-12-21-40(42)51)36-26-30-48-47(32-36)45-28-27-43-44(54(45)55(48,5)6)29-31-50-53(43)46-24-15-16-25-49(46)56-50/h7-32,37-38H,3-4H2,1-2,5-6H3/b8-7-,33-17+. The predicted octanol–water partition coefficient (Wildman–Crippen LogP) is 15.5. The van der Waals surface area contributed by atoms with Crippen molar-refractivity contribution in [2.45, 2.75) is 33.1 Å². The molecule has 2 unspecified atom stereocenters. The van der Waals surface area contributed by atoms with Gasteiger partial charge < -0.3 is 4.42 Å². The molecule has 0 bridgehead atoms.